The molecule has 1 unspecified atom stereocenters. The number of unbranched alkanes of at least 4 members (excludes halogenated alkanes) is 12. The quantitative estimate of drug-likeness (QED) is 0.0351. The van der Waals surface area contributed by atoms with Gasteiger partial charge < -0.3 is 9.80 Å². The van der Waals surface area contributed by atoms with E-state index < -0.39 is 0 Å². The Kier molecular flexibility index (Phi) is 25.0. The van der Waals surface area contributed by atoms with Gasteiger partial charge in [-0.2, -0.15) is 0 Å². The van der Waals surface area contributed by atoms with Crippen LogP contribution in [0, 0.1) is 5.92 Å². The Labute approximate surface area is 374 Å². The van der Waals surface area contributed by atoms with Crippen molar-refractivity contribution in [2.24, 2.45) is 5.92 Å². The zero-order valence-corrected chi connectivity index (χ0v) is 39.6. The van der Waals surface area contributed by atoms with Crippen molar-refractivity contribution in [2.45, 2.75) is 170 Å². The first-order chi connectivity index (χ1) is 30.0. The number of hydrogen-bond acceptors (Lipinski definition) is 2. The van der Waals surface area contributed by atoms with Gasteiger partial charge in [-0.15, -0.1) is 0 Å². The molecule has 0 saturated heterocycles. The SMILES string of the molecule is CCCCCCN(CCCCCC)c1ccc(/C=C/c2cc[n+](CCCC(C)CC[n+]3ccc(/C=C/c4ccc(N(CCCCCC)CCCCCC)cc4)cc3)cc2)cc1. The van der Waals surface area contributed by atoms with Gasteiger partial charge >= 0.3 is 0 Å². The van der Waals surface area contributed by atoms with Gasteiger partial charge in [-0.3, -0.25) is 0 Å². The van der Waals surface area contributed by atoms with Gasteiger partial charge in [0.05, 0.1) is 0 Å². The number of pyridine rings is 2. The summed E-state index contributed by atoms with van der Waals surface area (Å²) in [6.07, 6.45) is 42.6. The third-order valence-corrected chi connectivity index (χ3v) is 12.4. The minimum absolute atomic E-state index is 0.696. The predicted octanol–water partition coefficient (Wildman–Crippen LogP) is 15.0. The van der Waals surface area contributed by atoms with E-state index in [1.807, 2.05) is 0 Å². The van der Waals surface area contributed by atoms with E-state index in [-0.39, 0.29) is 0 Å². The highest BCUT2D eigenvalue weighted by Gasteiger charge is 2.11. The molecule has 0 radical (unpaired) electrons. The van der Waals surface area contributed by atoms with E-state index in [1.54, 1.807) is 0 Å². The molecule has 0 aliphatic heterocycles. The molecule has 0 N–H and O–H groups in total. The number of benzene rings is 2. The van der Waals surface area contributed by atoms with Crippen LogP contribution in [0.1, 0.15) is 179 Å². The third-order valence-electron chi connectivity index (χ3n) is 12.4. The van der Waals surface area contributed by atoms with Crippen LogP contribution in [0.15, 0.2) is 97.6 Å². The molecule has 4 heteroatoms. The molecule has 0 bridgehead atoms. The van der Waals surface area contributed by atoms with E-state index in [9.17, 15) is 0 Å². The summed E-state index contributed by atoms with van der Waals surface area (Å²) in [6.45, 7) is 18.4. The first kappa shape index (κ1) is 49.5. The van der Waals surface area contributed by atoms with Crippen molar-refractivity contribution in [3.8, 4) is 0 Å². The summed E-state index contributed by atoms with van der Waals surface area (Å²) in [4.78, 5) is 5.23. The summed E-state index contributed by atoms with van der Waals surface area (Å²) in [7, 11) is 0. The molecule has 0 aliphatic carbocycles. The number of hydrogen-bond donors (Lipinski definition) is 0. The van der Waals surface area contributed by atoms with Crippen LogP contribution in [0.25, 0.3) is 24.3 Å². The number of aromatic nitrogens is 2. The van der Waals surface area contributed by atoms with Crippen LogP contribution in [0.4, 0.5) is 11.4 Å². The Morgan fingerprint density at radius 2 is 0.705 bits per heavy atom. The van der Waals surface area contributed by atoms with Crippen LogP contribution < -0.4 is 18.9 Å². The van der Waals surface area contributed by atoms with Gasteiger partial charge in [-0.25, -0.2) is 9.13 Å². The molecule has 0 spiro atoms. The highest BCUT2D eigenvalue weighted by Crippen LogP contribution is 2.21. The maximum atomic E-state index is 2.62. The van der Waals surface area contributed by atoms with E-state index in [2.05, 4.69) is 175 Å². The topological polar surface area (TPSA) is 14.2 Å². The largest absolute Gasteiger partial charge is 0.372 e. The minimum atomic E-state index is 0.696. The summed E-state index contributed by atoms with van der Waals surface area (Å²) >= 11 is 0. The van der Waals surface area contributed by atoms with Gasteiger partial charge in [0, 0.05) is 74.7 Å². The zero-order valence-electron chi connectivity index (χ0n) is 39.6. The fourth-order valence-corrected chi connectivity index (χ4v) is 8.23. The molecular formula is C57H86N4+2. The fraction of sp³-hybridized carbons (Fsp3) is 0.544. The molecule has 4 aromatic rings. The van der Waals surface area contributed by atoms with E-state index in [0.717, 1.165) is 13.1 Å². The van der Waals surface area contributed by atoms with Gasteiger partial charge in [0.15, 0.2) is 24.8 Å². The van der Waals surface area contributed by atoms with E-state index >= 15 is 0 Å². The van der Waals surface area contributed by atoms with Gasteiger partial charge in [0.25, 0.3) is 0 Å². The lowest BCUT2D eigenvalue weighted by Gasteiger charge is -2.25. The predicted molar refractivity (Wildman–Crippen MR) is 268 cm³/mol. The zero-order chi connectivity index (χ0) is 43.2. The average Bonchev–Trinajstić information content (AvgIpc) is 3.29. The second-order valence-electron chi connectivity index (χ2n) is 17.8. The van der Waals surface area contributed by atoms with Gasteiger partial charge in [-0.1, -0.05) is 160 Å². The third kappa shape index (κ3) is 20.5. The first-order valence-electron chi connectivity index (χ1n) is 25.1. The van der Waals surface area contributed by atoms with E-state index in [1.165, 1.54) is 182 Å². The Morgan fingerprint density at radius 1 is 0.377 bits per heavy atom. The highest BCUT2D eigenvalue weighted by atomic mass is 15.1. The van der Waals surface area contributed by atoms with Crippen molar-refractivity contribution < 1.29 is 9.13 Å². The van der Waals surface area contributed by atoms with Crippen molar-refractivity contribution in [3.05, 3.63) is 120 Å². The molecule has 61 heavy (non-hydrogen) atoms. The van der Waals surface area contributed by atoms with Crippen LogP contribution >= 0.6 is 0 Å². The molecular weight excluding hydrogens is 741 g/mol. The Morgan fingerprint density at radius 3 is 1.05 bits per heavy atom. The average molecular weight is 827 g/mol. The second-order valence-corrected chi connectivity index (χ2v) is 17.8. The van der Waals surface area contributed by atoms with Crippen LogP contribution in [0.2, 0.25) is 0 Å². The van der Waals surface area contributed by atoms with Crippen molar-refractivity contribution in [1.82, 2.24) is 0 Å². The number of rotatable bonds is 33. The fourth-order valence-electron chi connectivity index (χ4n) is 8.23. The molecule has 4 rings (SSSR count). The van der Waals surface area contributed by atoms with Crippen LogP contribution in [-0.2, 0) is 13.1 Å². The molecule has 2 aromatic carbocycles. The second kappa shape index (κ2) is 30.8. The highest BCUT2D eigenvalue weighted by molar-refractivity contribution is 5.71. The van der Waals surface area contributed by atoms with E-state index in [0.29, 0.717) is 5.92 Å². The Hall–Kier alpha value is -4.18. The maximum absolute atomic E-state index is 2.62. The van der Waals surface area contributed by atoms with Gasteiger partial charge in [0.1, 0.15) is 13.1 Å². The Balaban J connectivity index is 1.15. The molecule has 0 amide bonds. The van der Waals surface area contributed by atoms with Crippen molar-refractivity contribution in [3.63, 3.8) is 0 Å². The maximum Gasteiger partial charge on any atom is 0.169 e. The van der Waals surface area contributed by atoms with Crippen molar-refractivity contribution >= 4 is 35.7 Å². The number of aryl methyl sites for hydroxylation is 2. The molecule has 0 saturated carbocycles. The summed E-state index contributed by atoms with van der Waals surface area (Å²) in [5.41, 5.74) is 7.76. The minimum Gasteiger partial charge on any atom is -0.372 e. The first-order valence-corrected chi connectivity index (χ1v) is 25.1. The molecule has 0 fully saturated rings. The van der Waals surface area contributed by atoms with Gasteiger partial charge in [0.2, 0.25) is 0 Å². The van der Waals surface area contributed by atoms with Crippen LogP contribution in [-0.4, -0.2) is 26.2 Å². The lowest BCUT2D eigenvalue weighted by Crippen LogP contribution is -2.34. The standard InChI is InChI=1S/C57H86N4/c1-6-10-14-18-42-60(43-19-15-11-7-2)56-32-28-52(29-33-56)24-26-54-37-47-58(48-38-54)41-22-23-51(5)36-46-59-49-39-55(40-50-59)27-25-53-30-34-57(35-31-53)61(44-20-16-12-8-3)45-21-17-13-9-4/h24-35,37-40,47-51H,6-23,36,41-46H2,1-5H3/q+2. The molecule has 0 aliphatic rings. The Bertz CT molecular complexity index is 1700. The molecule has 4 nitrogen and oxygen atoms in total. The molecule has 2 aromatic heterocycles. The van der Waals surface area contributed by atoms with E-state index in [4.69, 9.17) is 0 Å². The monoisotopic (exact) mass is 827 g/mol. The van der Waals surface area contributed by atoms with Gasteiger partial charge in [-0.05, 0) is 84.5 Å². The summed E-state index contributed by atoms with van der Waals surface area (Å²) in [6, 6.07) is 27.4. The van der Waals surface area contributed by atoms with Crippen molar-refractivity contribution in [1.29, 1.82) is 0 Å². The van der Waals surface area contributed by atoms with Crippen LogP contribution in [0.3, 0.4) is 0 Å². The molecule has 1 atom stereocenters. The molecule has 332 valence electrons. The van der Waals surface area contributed by atoms with Crippen molar-refractivity contribution in [2.75, 3.05) is 36.0 Å². The number of nitrogens with zero attached hydrogens (tertiary/aromatic N) is 4. The smallest absolute Gasteiger partial charge is 0.169 e. The molecule has 2 heterocycles. The lowest BCUT2D eigenvalue weighted by molar-refractivity contribution is -0.699. The summed E-state index contributed by atoms with van der Waals surface area (Å²) in [5, 5.41) is 0. The lowest BCUT2D eigenvalue weighted by atomic mass is 10.0. The summed E-state index contributed by atoms with van der Waals surface area (Å²) in [5.74, 6) is 0.696. The number of anilines is 2. The van der Waals surface area contributed by atoms with Crippen LogP contribution in [0.5, 0.6) is 0 Å². The summed E-state index contributed by atoms with van der Waals surface area (Å²) < 4.78 is 4.68. The normalized spacial score (nSPS) is 12.1.